The monoisotopic (exact) mass is 542 g/mol. The van der Waals surface area contributed by atoms with Crippen molar-refractivity contribution in [1.29, 1.82) is 0 Å². The number of aromatic nitrogens is 2. The van der Waals surface area contributed by atoms with Gasteiger partial charge >= 0.3 is 0 Å². The second kappa shape index (κ2) is 10.7. The molecule has 1 N–H and O–H groups in total. The largest absolute Gasteiger partial charge is 0.476 e. The molecule has 0 unspecified atom stereocenters. The number of thiazole rings is 1. The van der Waals surface area contributed by atoms with Crippen LogP contribution in [0.4, 0.5) is 5.13 Å². The fourth-order valence-corrected chi connectivity index (χ4v) is 6.45. The van der Waals surface area contributed by atoms with Crippen LogP contribution in [0.25, 0.3) is 10.3 Å². The Kier molecular flexibility index (Phi) is 7.40. The summed E-state index contributed by atoms with van der Waals surface area (Å²) in [5.41, 5.74) is 1.43. The number of nitrogens with zero attached hydrogens (tertiary/aromatic N) is 5. The Bertz CT molecular complexity index is 1410. The van der Waals surface area contributed by atoms with E-state index < -0.39 is 15.7 Å². The van der Waals surface area contributed by atoms with E-state index in [1.165, 1.54) is 11.3 Å². The molecule has 0 radical (unpaired) electrons. The molecule has 196 valence electrons. The van der Waals surface area contributed by atoms with Gasteiger partial charge in [-0.05, 0) is 58.0 Å². The molecule has 3 heterocycles. The smallest absolute Gasteiger partial charge is 0.278 e. The van der Waals surface area contributed by atoms with E-state index in [-0.39, 0.29) is 15.9 Å². The zero-order valence-corrected chi connectivity index (χ0v) is 22.5. The summed E-state index contributed by atoms with van der Waals surface area (Å²) in [5.74, 6) is 0.0969. The van der Waals surface area contributed by atoms with Crippen LogP contribution in [-0.4, -0.2) is 85.5 Å². The van der Waals surface area contributed by atoms with Crippen molar-refractivity contribution in [2.24, 2.45) is 5.10 Å². The van der Waals surface area contributed by atoms with Gasteiger partial charge < -0.3 is 9.64 Å². The zero-order valence-electron chi connectivity index (χ0n) is 20.9. The maximum atomic E-state index is 13.4. The summed E-state index contributed by atoms with van der Waals surface area (Å²) in [6.07, 6.45) is 3.43. The Balaban J connectivity index is 1.35. The highest BCUT2D eigenvalue weighted by atomic mass is 32.2. The Labute approximate surface area is 220 Å². The van der Waals surface area contributed by atoms with Crippen LogP contribution < -0.4 is 10.1 Å². The van der Waals surface area contributed by atoms with Gasteiger partial charge in [-0.2, -0.15) is 5.10 Å². The molecule has 1 aliphatic carbocycles. The van der Waals surface area contributed by atoms with E-state index in [1.807, 2.05) is 30.1 Å². The number of benzene rings is 1. The molecule has 1 saturated carbocycles. The standard InChI is InChI=1S/C25H30N6O4S2/c1-30(2)15-16-35-21-12-11-20-24(27-21)36-25(26-20)28-23(32)22(29-31-13-3-4-14-31)17-5-7-18(8-6-17)37(33,34)19-9-10-19/h5-8,11-12,19H,3-4,9-10,13-16H2,1-2H3,(H,26,28,32)/b29-22+. The van der Waals surface area contributed by atoms with E-state index in [0.717, 1.165) is 32.5 Å². The Morgan fingerprint density at radius 3 is 2.54 bits per heavy atom. The molecule has 2 fully saturated rings. The minimum atomic E-state index is -3.31. The van der Waals surface area contributed by atoms with Crippen molar-refractivity contribution in [3.63, 3.8) is 0 Å². The number of amides is 1. The average molecular weight is 543 g/mol. The molecule has 5 rings (SSSR count). The predicted molar refractivity (Wildman–Crippen MR) is 144 cm³/mol. The molecule has 12 heteroatoms. The number of carbonyl (C=O) groups excluding carboxylic acids is 1. The normalized spacial score (nSPS) is 16.5. The fourth-order valence-electron chi connectivity index (χ4n) is 3.97. The van der Waals surface area contributed by atoms with Gasteiger partial charge in [0.1, 0.15) is 17.0 Å². The first-order chi connectivity index (χ1) is 17.8. The van der Waals surface area contributed by atoms with Gasteiger partial charge in [-0.3, -0.25) is 15.1 Å². The predicted octanol–water partition coefficient (Wildman–Crippen LogP) is 3.01. The van der Waals surface area contributed by atoms with E-state index in [1.54, 1.807) is 30.3 Å². The highest BCUT2D eigenvalue weighted by Crippen LogP contribution is 2.33. The lowest BCUT2D eigenvalue weighted by atomic mass is 10.1. The lowest BCUT2D eigenvalue weighted by molar-refractivity contribution is -0.110. The number of carbonyl (C=O) groups is 1. The topological polar surface area (TPSA) is 117 Å². The molecule has 0 spiro atoms. The number of hydrogen-bond acceptors (Lipinski definition) is 10. The molecular weight excluding hydrogens is 512 g/mol. The number of likely N-dealkylation sites (N-methyl/N-ethyl adjacent to an activating group) is 1. The molecule has 0 atom stereocenters. The maximum Gasteiger partial charge on any atom is 0.278 e. The molecule has 3 aromatic rings. The first-order valence-electron chi connectivity index (χ1n) is 12.3. The minimum Gasteiger partial charge on any atom is -0.476 e. The van der Waals surface area contributed by atoms with E-state index in [4.69, 9.17) is 4.74 Å². The number of nitrogens with one attached hydrogen (secondary N) is 1. The Hall–Kier alpha value is -3.09. The number of anilines is 1. The van der Waals surface area contributed by atoms with Crippen LogP contribution in [0.1, 0.15) is 31.2 Å². The average Bonchev–Trinajstić information content (AvgIpc) is 3.48. The van der Waals surface area contributed by atoms with Crippen molar-refractivity contribution >= 4 is 48.3 Å². The summed E-state index contributed by atoms with van der Waals surface area (Å²) in [7, 11) is 0.645. The van der Waals surface area contributed by atoms with Crippen molar-refractivity contribution in [3.05, 3.63) is 42.0 Å². The lowest BCUT2D eigenvalue weighted by Crippen LogP contribution is -2.27. The Morgan fingerprint density at radius 2 is 1.86 bits per heavy atom. The fraction of sp³-hybridized carbons (Fsp3) is 0.440. The third-order valence-corrected chi connectivity index (χ3v) is 9.36. The molecule has 1 aliphatic heterocycles. The summed E-state index contributed by atoms with van der Waals surface area (Å²) in [6, 6.07) is 10.0. The first-order valence-corrected chi connectivity index (χ1v) is 14.7. The summed E-state index contributed by atoms with van der Waals surface area (Å²) >= 11 is 1.26. The van der Waals surface area contributed by atoms with E-state index in [9.17, 15) is 13.2 Å². The van der Waals surface area contributed by atoms with Gasteiger partial charge in [-0.1, -0.05) is 23.5 Å². The van der Waals surface area contributed by atoms with Gasteiger partial charge in [0, 0.05) is 31.3 Å². The van der Waals surface area contributed by atoms with E-state index in [0.29, 0.717) is 46.4 Å². The van der Waals surface area contributed by atoms with Crippen LogP contribution in [0.3, 0.4) is 0 Å². The van der Waals surface area contributed by atoms with Crippen LogP contribution in [-0.2, 0) is 14.6 Å². The number of rotatable bonds is 10. The molecule has 37 heavy (non-hydrogen) atoms. The molecule has 2 aliphatic rings. The molecule has 0 bridgehead atoms. The van der Waals surface area contributed by atoms with Gasteiger partial charge in [0.15, 0.2) is 20.7 Å². The van der Waals surface area contributed by atoms with Crippen molar-refractivity contribution in [3.8, 4) is 5.88 Å². The summed E-state index contributed by atoms with van der Waals surface area (Å²) in [4.78, 5) is 25.3. The lowest BCUT2D eigenvalue weighted by Gasteiger charge is -2.14. The van der Waals surface area contributed by atoms with Crippen LogP contribution in [0.5, 0.6) is 5.88 Å². The molecule has 1 saturated heterocycles. The summed E-state index contributed by atoms with van der Waals surface area (Å²) < 4.78 is 30.9. The SMILES string of the molecule is CN(C)CCOc1ccc2nc(NC(=O)/C(=N/N3CCCC3)c3ccc(S(=O)(=O)C4CC4)cc3)sc2n1. The van der Waals surface area contributed by atoms with Gasteiger partial charge in [0.05, 0.1) is 10.1 Å². The van der Waals surface area contributed by atoms with Crippen molar-refractivity contribution in [2.75, 3.05) is 45.7 Å². The van der Waals surface area contributed by atoms with Crippen LogP contribution in [0.15, 0.2) is 46.4 Å². The van der Waals surface area contributed by atoms with Gasteiger partial charge in [-0.15, -0.1) is 0 Å². The number of hydrogen-bond donors (Lipinski definition) is 1. The van der Waals surface area contributed by atoms with Crippen molar-refractivity contribution in [1.82, 2.24) is 19.9 Å². The van der Waals surface area contributed by atoms with E-state index in [2.05, 4.69) is 20.4 Å². The highest BCUT2D eigenvalue weighted by molar-refractivity contribution is 7.92. The molecule has 1 amide bonds. The minimum absolute atomic E-state index is 0.220. The molecule has 1 aromatic carbocycles. The quantitative estimate of drug-likeness (QED) is 0.389. The van der Waals surface area contributed by atoms with Gasteiger partial charge in [0.2, 0.25) is 5.88 Å². The van der Waals surface area contributed by atoms with Crippen LogP contribution in [0.2, 0.25) is 0 Å². The highest BCUT2D eigenvalue weighted by Gasteiger charge is 2.36. The van der Waals surface area contributed by atoms with Crippen LogP contribution >= 0.6 is 11.3 Å². The third kappa shape index (κ3) is 6.08. The number of sulfone groups is 1. The number of ether oxygens (including phenoxy) is 1. The van der Waals surface area contributed by atoms with Gasteiger partial charge in [0.25, 0.3) is 5.91 Å². The summed E-state index contributed by atoms with van der Waals surface area (Å²) in [5, 5.41) is 9.48. The third-order valence-electron chi connectivity index (χ3n) is 6.20. The molecular formula is C25H30N6O4S2. The second-order valence-corrected chi connectivity index (χ2v) is 12.7. The van der Waals surface area contributed by atoms with Crippen molar-refractivity contribution in [2.45, 2.75) is 35.8 Å². The molecule has 10 nitrogen and oxygen atoms in total. The van der Waals surface area contributed by atoms with Crippen molar-refractivity contribution < 1.29 is 17.9 Å². The first kappa shape index (κ1) is 25.6. The maximum absolute atomic E-state index is 13.4. The zero-order chi connectivity index (χ0) is 26.0. The Morgan fingerprint density at radius 1 is 1.14 bits per heavy atom. The second-order valence-electron chi connectivity index (χ2n) is 9.48. The number of fused-ring (bicyclic) bond motifs is 1. The summed E-state index contributed by atoms with van der Waals surface area (Å²) in [6.45, 7) is 2.83. The molecule has 2 aromatic heterocycles. The number of pyridine rings is 1. The van der Waals surface area contributed by atoms with E-state index >= 15 is 0 Å². The van der Waals surface area contributed by atoms with Gasteiger partial charge in [-0.25, -0.2) is 18.4 Å². The van der Waals surface area contributed by atoms with Crippen LogP contribution in [0, 0.1) is 0 Å². The number of hydrazone groups is 1.